The zero-order valence-corrected chi connectivity index (χ0v) is 11.9. The summed E-state index contributed by atoms with van der Waals surface area (Å²) in [5.41, 5.74) is 1.10. The van der Waals surface area contributed by atoms with E-state index >= 15 is 0 Å². The Bertz CT molecular complexity index is 331. The molecular formula is C13H20BrNO2. The Morgan fingerprint density at radius 3 is 2.82 bits per heavy atom. The standard InChI is InChI=1S/C13H20BrNO2/c1-10(2)15-7-13(16)9-17-8-11-4-3-5-12(14)6-11/h3-6,10,13,15-16H,7-9H2,1-2H3. The Morgan fingerprint density at radius 2 is 2.18 bits per heavy atom. The first-order chi connectivity index (χ1) is 8.08. The monoisotopic (exact) mass is 301 g/mol. The molecule has 0 spiro atoms. The SMILES string of the molecule is CC(C)NCC(O)COCc1cccc(Br)c1. The lowest BCUT2D eigenvalue weighted by Crippen LogP contribution is -2.34. The van der Waals surface area contributed by atoms with Gasteiger partial charge in [-0.3, -0.25) is 0 Å². The van der Waals surface area contributed by atoms with Crippen LogP contribution in [-0.4, -0.2) is 30.4 Å². The Balaban J connectivity index is 2.19. The quantitative estimate of drug-likeness (QED) is 0.812. The molecule has 1 unspecified atom stereocenters. The third kappa shape index (κ3) is 6.78. The number of rotatable bonds is 7. The molecule has 0 amide bonds. The molecular weight excluding hydrogens is 282 g/mol. The van der Waals surface area contributed by atoms with E-state index in [9.17, 15) is 5.11 Å². The van der Waals surface area contributed by atoms with Gasteiger partial charge in [-0.25, -0.2) is 0 Å². The van der Waals surface area contributed by atoms with E-state index in [2.05, 4.69) is 35.1 Å². The Hall–Kier alpha value is -0.420. The van der Waals surface area contributed by atoms with Gasteiger partial charge in [0.15, 0.2) is 0 Å². The maximum atomic E-state index is 9.63. The van der Waals surface area contributed by atoms with Crippen molar-refractivity contribution >= 4 is 15.9 Å². The van der Waals surface area contributed by atoms with Crippen LogP contribution in [0.5, 0.6) is 0 Å². The second-order valence-electron chi connectivity index (χ2n) is 4.36. The number of halogens is 1. The second kappa shape index (κ2) is 7.82. The lowest BCUT2D eigenvalue weighted by atomic mass is 10.2. The van der Waals surface area contributed by atoms with E-state index in [4.69, 9.17) is 4.74 Å². The van der Waals surface area contributed by atoms with Crippen molar-refractivity contribution in [1.29, 1.82) is 0 Å². The van der Waals surface area contributed by atoms with Gasteiger partial charge in [0.1, 0.15) is 0 Å². The summed E-state index contributed by atoms with van der Waals surface area (Å²) < 4.78 is 6.50. The molecule has 0 radical (unpaired) electrons. The van der Waals surface area contributed by atoms with Gasteiger partial charge >= 0.3 is 0 Å². The van der Waals surface area contributed by atoms with Crippen molar-refractivity contribution in [3.05, 3.63) is 34.3 Å². The molecule has 2 N–H and O–H groups in total. The summed E-state index contributed by atoms with van der Waals surface area (Å²) in [6.07, 6.45) is -0.454. The van der Waals surface area contributed by atoms with Gasteiger partial charge < -0.3 is 15.2 Å². The first kappa shape index (κ1) is 14.6. The highest BCUT2D eigenvalue weighted by Crippen LogP contribution is 2.12. The van der Waals surface area contributed by atoms with E-state index in [0.29, 0.717) is 25.8 Å². The minimum Gasteiger partial charge on any atom is -0.389 e. The fourth-order valence-electron chi connectivity index (χ4n) is 1.37. The number of hydrogen-bond acceptors (Lipinski definition) is 3. The van der Waals surface area contributed by atoms with Crippen molar-refractivity contribution in [3.8, 4) is 0 Å². The maximum absolute atomic E-state index is 9.63. The first-order valence-corrected chi connectivity index (χ1v) is 6.61. The summed E-state index contributed by atoms with van der Waals surface area (Å²) >= 11 is 3.41. The summed E-state index contributed by atoms with van der Waals surface area (Å²) in [6.45, 7) is 5.55. The highest BCUT2D eigenvalue weighted by Gasteiger charge is 2.05. The van der Waals surface area contributed by atoms with Crippen LogP contribution in [0.3, 0.4) is 0 Å². The molecule has 0 aliphatic heterocycles. The Morgan fingerprint density at radius 1 is 1.41 bits per heavy atom. The van der Waals surface area contributed by atoms with Crippen molar-refractivity contribution < 1.29 is 9.84 Å². The van der Waals surface area contributed by atoms with Gasteiger partial charge in [0, 0.05) is 17.1 Å². The lowest BCUT2D eigenvalue weighted by Gasteiger charge is -2.14. The highest BCUT2D eigenvalue weighted by atomic mass is 79.9. The fourth-order valence-corrected chi connectivity index (χ4v) is 1.82. The van der Waals surface area contributed by atoms with Crippen LogP contribution < -0.4 is 5.32 Å². The molecule has 4 heteroatoms. The Labute approximate surface area is 111 Å². The number of aliphatic hydroxyl groups is 1. The molecule has 1 aromatic carbocycles. The van der Waals surface area contributed by atoms with Gasteiger partial charge in [-0.2, -0.15) is 0 Å². The van der Waals surface area contributed by atoms with Crippen LogP contribution in [0.25, 0.3) is 0 Å². The maximum Gasteiger partial charge on any atom is 0.0897 e. The predicted octanol–water partition coefficient (Wildman–Crippen LogP) is 2.32. The van der Waals surface area contributed by atoms with Crippen LogP contribution >= 0.6 is 15.9 Å². The lowest BCUT2D eigenvalue weighted by molar-refractivity contribution is 0.0280. The summed E-state index contributed by atoms with van der Waals surface area (Å²) in [6, 6.07) is 8.35. The molecule has 0 heterocycles. The average molecular weight is 302 g/mol. The van der Waals surface area contributed by atoms with Crippen LogP contribution in [0.15, 0.2) is 28.7 Å². The fraction of sp³-hybridized carbons (Fsp3) is 0.538. The molecule has 1 aromatic rings. The van der Waals surface area contributed by atoms with Crippen LogP contribution in [0.1, 0.15) is 19.4 Å². The average Bonchev–Trinajstić information content (AvgIpc) is 2.26. The molecule has 3 nitrogen and oxygen atoms in total. The molecule has 1 atom stereocenters. The summed E-state index contributed by atoms with van der Waals surface area (Å²) in [4.78, 5) is 0. The van der Waals surface area contributed by atoms with E-state index < -0.39 is 6.10 Å². The number of aliphatic hydroxyl groups excluding tert-OH is 1. The van der Waals surface area contributed by atoms with Crippen molar-refractivity contribution in [2.45, 2.75) is 32.6 Å². The molecule has 0 bridgehead atoms. The second-order valence-corrected chi connectivity index (χ2v) is 5.28. The minimum absolute atomic E-state index is 0.353. The molecule has 0 saturated carbocycles. The Kier molecular flexibility index (Phi) is 6.73. The summed E-state index contributed by atoms with van der Waals surface area (Å²) in [5.74, 6) is 0. The number of nitrogens with one attached hydrogen (secondary N) is 1. The van der Waals surface area contributed by atoms with Crippen molar-refractivity contribution in [1.82, 2.24) is 5.32 Å². The molecule has 0 aliphatic rings. The summed E-state index contributed by atoms with van der Waals surface area (Å²) in [5, 5.41) is 12.8. The zero-order chi connectivity index (χ0) is 12.7. The van der Waals surface area contributed by atoms with E-state index in [1.165, 1.54) is 0 Å². The van der Waals surface area contributed by atoms with E-state index in [1.807, 2.05) is 24.3 Å². The molecule has 0 aromatic heterocycles. The molecule has 0 saturated heterocycles. The van der Waals surface area contributed by atoms with Crippen molar-refractivity contribution in [2.24, 2.45) is 0 Å². The van der Waals surface area contributed by atoms with E-state index in [-0.39, 0.29) is 0 Å². The molecule has 1 rings (SSSR count). The van der Waals surface area contributed by atoms with Gasteiger partial charge in [-0.05, 0) is 17.7 Å². The molecule has 0 fully saturated rings. The normalized spacial score (nSPS) is 13.0. The molecule has 96 valence electrons. The third-order valence-electron chi connectivity index (χ3n) is 2.23. The number of benzene rings is 1. The van der Waals surface area contributed by atoms with Gasteiger partial charge in [0.05, 0.1) is 19.3 Å². The minimum atomic E-state index is -0.454. The zero-order valence-electron chi connectivity index (χ0n) is 10.3. The van der Waals surface area contributed by atoms with Gasteiger partial charge in [-0.1, -0.05) is 41.9 Å². The van der Waals surface area contributed by atoms with Crippen molar-refractivity contribution in [2.75, 3.05) is 13.2 Å². The van der Waals surface area contributed by atoms with Gasteiger partial charge in [0.25, 0.3) is 0 Å². The molecule has 0 aliphatic carbocycles. The van der Waals surface area contributed by atoms with Crippen LogP contribution in [0.4, 0.5) is 0 Å². The summed E-state index contributed by atoms with van der Waals surface area (Å²) in [7, 11) is 0. The largest absolute Gasteiger partial charge is 0.389 e. The third-order valence-corrected chi connectivity index (χ3v) is 2.72. The van der Waals surface area contributed by atoms with Crippen molar-refractivity contribution in [3.63, 3.8) is 0 Å². The van der Waals surface area contributed by atoms with E-state index in [1.54, 1.807) is 0 Å². The predicted molar refractivity (Wildman–Crippen MR) is 72.9 cm³/mol. The van der Waals surface area contributed by atoms with Crippen LogP contribution in [0, 0.1) is 0 Å². The van der Waals surface area contributed by atoms with Crippen LogP contribution in [0.2, 0.25) is 0 Å². The highest BCUT2D eigenvalue weighted by molar-refractivity contribution is 9.10. The van der Waals surface area contributed by atoms with Gasteiger partial charge in [0.2, 0.25) is 0 Å². The number of ether oxygens (including phenoxy) is 1. The van der Waals surface area contributed by atoms with E-state index in [0.717, 1.165) is 10.0 Å². The topological polar surface area (TPSA) is 41.5 Å². The molecule has 17 heavy (non-hydrogen) atoms. The van der Waals surface area contributed by atoms with Gasteiger partial charge in [-0.15, -0.1) is 0 Å². The van der Waals surface area contributed by atoms with Crippen LogP contribution in [-0.2, 0) is 11.3 Å². The number of hydrogen-bond donors (Lipinski definition) is 2. The first-order valence-electron chi connectivity index (χ1n) is 5.81. The smallest absolute Gasteiger partial charge is 0.0897 e.